The summed E-state index contributed by atoms with van der Waals surface area (Å²) in [6.07, 6.45) is -2.94. The van der Waals surface area contributed by atoms with E-state index in [1.54, 1.807) is 0 Å². The van der Waals surface area contributed by atoms with E-state index in [2.05, 4.69) is 4.98 Å². The Labute approximate surface area is 81.7 Å². The Morgan fingerprint density at radius 2 is 2.14 bits per heavy atom. The molecule has 0 bridgehead atoms. The van der Waals surface area contributed by atoms with Gasteiger partial charge in [-0.3, -0.25) is 4.79 Å². The number of rotatable bonds is 2. The second-order valence-electron chi connectivity index (χ2n) is 2.36. The first-order valence-electron chi connectivity index (χ1n) is 3.37. The Balaban J connectivity index is 3.35. The predicted octanol–water partition coefficient (Wildman–Crippen LogP) is 1.91. The molecule has 0 saturated heterocycles. The van der Waals surface area contributed by atoms with Crippen molar-refractivity contribution in [3.63, 3.8) is 0 Å². The number of hydrogen-bond donors (Lipinski definition) is 1. The Morgan fingerprint density at radius 3 is 2.57 bits per heavy atom. The first kappa shape index (κ1) is 10.8. The van der Waals surface area contributed by atoms with Gasteiger partial charge in [-0.15, -0.1) is 0 Å². The van der Waals surface area contributed by atoms with Gasteiger partial charge in [-0.05, 0) is 6.07 Å². The minimum Gasteiger partial charge on any atom is -0.366 e. The summed E-state index contributed by atoms with van der Waals surface area (Å²) in [6, 6.07) is 0.578. The smallest absolute Gasteiger partial charge is 0.280 e. The van der Waals surface area contributed by atoms with Gasteiger partial charge in [0, 0.05) is 0 Å². The monoisotopic (exact) mass is 224 g/mol. The summed E-state index contributed by atoms with van der Waals surface area (Å²) in [5.74, 6) is -2.36. The molecule has 0 radical (unpaired) electrons. The van der Waals surface area contributed by atoms with Crippen LogP contribution in [0.2, 0.25) is 5.15 Å². The molecule has 1 amide bonds. The lowest BCUT2D eigenvalue weighted by Crippen LogP contribution is -2.15. The van der Waals surface area contributed by atoms with Gasteiger partial charge in [-0.1, -0.05) is 11.6 Å². The average molecular weight is 225 g/mol. The van der Waals surface area contributed by atoms with Crippen LogP contribution in [0.5, 0.6) is 0 Å². The molecule has 7 heteroatoms. The number of nitrogens with zero attached hydrogens (tertiary/aromatic N) is 1. The minimum absolute atomic E-state index is 0.578. The number of pyridine rings is 1. The molecule has 0 spiro atoms. The molecule has 0 atom stereocenters. The van der Waals surface area contributed by atoms with Gasteiger partial charge in [0.05, 0.1) is 5.56 Å². The molecule has 76 valence electrons. The molecule has 0 fully saturated rings. The van der Waals surface area contributed by atoms with Crippen molar-refractivity contribution >= 4 is 17.5 Å². The Hall–Kier alpha value is -1.30. The van der Waals surface area contributed by atoms with Crippen LogP contribution < -0.4 is 5.73 Å². The van der Waals surface area contributed by atoms with E-state index in [0.717, 1.165) is 0 Å². The highest BCUT2D eigenvalue weighted by Crippen LogP contribution is 2.23. The number of carbonyl (C=O) groups is 1. The highest BCUT2D eigenvalue weighted by molar-refractivity contribution is 6.30. The van der Waals surface area contributed by atoms with Crippen LogP contribution in [0.4, 0.5) is 13.2 Å². The molecule has 0 aliphatic rings. The van der Waals surface area contributed by atoms with E-state index in [9.17, 15) is 18.0 Å². The van der Waals surface area contributed by atoms with Crippen LogP contribution >= 0.6 is 11.6 Å². The fraction of sp³-hybridized carbons (Fsp3) is 0.143. The van der Waals surface area contributed by atoms with Crippen molar-refractivity contribution in [3.05, 3.63) is 28.3 Å². The third kappa shape index (κ3) is 1.95. The molecule has 0 unspecified atom stereocenters. The van der Waals surface area contributed by atoms with E-state index in [-0.39, 0.29) is 0 Å². The lowest BCUT2D eigenvalue weighted by molar-refractivity contribution is 0.0995. The van der Waals surface area contributed by atoms with E-state index >= 15 is 0 Å². The largest absolute Gasteiger partial charge is 0.366 e. The number of hydrogen-bond acceptors (Lipinski definition) is 2. The van der Waals surface area contributed by atoms with Crippen molar-refractivity contribution in [1.29, 1.82) is 0 Å². The third-order valence-corrected chi connectivity index (χ3v) is 1.68. The van der Waals surface area contributed by atoms with Crippen molar-refractivity contribution in [3.8, 4) is 0 Å². The maximum absolute atomic E-state index is 13.0. The van der Waals surface area contributed by atoms with E-state index in [0.29, 0.717) is 6.07 Å². The van der Waals surface area contributed by atoms with E-state index in [1.807, 2.05) is 0 Å². The molecule has 0 aliphatic heterocycles. The van der Waals surface area contributed by atoms with Gasteiger partial charge >= 0.3 is 0 Å². The molecule has 14 heavy (non-hydrogen) atoms. The van der Waals surface area contributed by atoms with Gasteiger partial charge < -0.3 is 5.73 Å². The fourth-order valence-electron chi connectivity index (χ4n) is 0.808. The number of primary amides is 1. The lowest BCUT2D eigenvalue weighted by atomic mass is 10.2. The zero-order valence-corrected chi connectivity index (χ0v) is 7.36. The SMILES string of the molecule is NC(=O)c1cc(C(F)F)nc(Cl)c1F. The minimum atomic E-state index is -2.94. The first-order valence-corrected chi connectivity index (χ1v) is 3.75. The van der Waals surface area contributed by atoms with E-state index in [4.69, 9.17) is 17.3 Å². The Bertz CT molecular complexity index is 383. The first-order chi connectivity index (χ1) is 6.43. The molecule has 3 nitrogen and oxygen atoms in total. The number of halogens is 4. The summed E-state index contributed by atoms with van der Waals surface area (Å²) in [4.78, 5) is 13.6. The molecule has 2 N–H and O–H groups in total. The fourth-order valence-corrected chi connectivity index (χ4v) is 1.01. The maximum atomic E-state index is 13.0. The van der Waals surface area contributed by atoms with Gasteiger partial charge in [0.25, 0.3) is 12.3 Å². The van der Waals surface area contributed by atoms with Crippen molar-refractivity contribution in [2.75, 3.05) is 0 Å². The summed E-state index contributed by atoms with van der Waals surface area (Å²) < 4.78 is 37.2. The second-order valence-corrected chi connectivity index (χ2v) is 2.72. The van der Waals surface area contributed by atoms with Crippen LogP contribution in [0, 0.1) is 5.82 Å². The van der Waals surface area contributed by atoms with Crippen molar-refractivity contribution in [1.82, 2.24) is 4.98 Å². The standard InChI is InChI=1S/C7H4ClF3N2O/c8-5-4(9)2(7(12)14)1-3(13-5)6(10)11/h1,6H,(H2,12,14). The molecule has 1 rings (SSSR count). The molecule has 1 aromatic heterocycles. The van der Waals surface area contributed by atoms with Crippen LogP contribution in [-0.2, 0) is 0 Å². The third-order valence-electron chi connectivity index (χ3n) is 1.43. The van der Waals surface area contributed by atoms with Crippen LogP contribution in [-0.4, -0.2) is 10.9 Å². The molecular weight excluding hydrogens is 221 g/mol. The zero-order chi connectivity index (χ0) is 10.9. The summed E-state index contributed by atoms with van der Waals surface area (Å²) in [7, 11) is 0. The normalized spacial score (nSPS) is 10.6. The lowest BCUT2D eigenvalue weighted by Gasteiger charge is -2.03. The van der Waals surface area contributed by atoms with Crippen LogP contribution in [0.1, 0.15) is 22.5 Å². The maximum Gasteiger partial charge on any atom is 0.280 e. The highest BCUT2D eigenvalue weighted by atomic mass is 35.5. The van der Waals surface area contributed by atoms with Gasteiger partial charge in [-0.25, -0.2) is 18.2 Å². The van der Waals surface area contributed by atoms with Gasteiger partial charge in [0.2, 0.25) is 0 Å². The highest BCUT2D eigenvalue weighted by Gasteiger charge is 2.19. The zero-order valence-electron chi connectivity index (χ0n) is 6.60. The summed E-state index contributed by atoms with van der Waals surface area (Å²) >= 11 is 5.18. The van der Waals surface area contributed by atoms with Gasteiger partial charge in [-0.2, -0.15) is 0 Å². The number of aromatic nitrogens is 1. The van der Waals surface area contributed by atoms with Gasteiger partial charge in [0.1, 0.15) is 5.69 Å². The summed E-state index contributed by atoms with van der Waals surface area (Å²) in [5, 5.41) is -0.795. The Morgan fingerprint density at radius 1 is 1.57 bits per heavy atom. The van der Waals surface area contributed by atoms with E-state index in [1.165, 1.54) is 0 Å². The molecule has 0 aliphatic carbocycles. The molecule has 0 aromatic carbocycles. The summed E-state index contributed by atoms with van der Waals surface area (Å²) in [5.41, 5.74) is 3.26. The van der Waals surface area contributed by atoms with Crippen molar-refractivity contribution in [2.45, 2.75) is 6.43 Å². The van der Waals surface area contributed by atoms with Crippen LogP contribution in [0.25, 0.3) is 0 Å². The quantitative estimate of drug-likeness (QED) is 0.780. The average Bonchev–Trinajstić information content (AvgIpc) is 2.08. The summed E-state index contributed by atoms with van der Waals surface area (Å²) in [6.45, 7) is 0. The molecule has 1 heterocycles. The van der Waals surface area contributed by atoms with E-state index < -0.39 is 34.6 Å². The molecule has 0 saturated carbocycles. The number of carbonyl (C=O) groups excluding carboxylic acids is 1. The topological polar surface area (TPSA) is 56.0 Å². The molecular formula is C7H4ClF3N2O. The van der Waals surface area contributed by atoms with Gasteiger partial charge in [0.15, 0.2) is 11.0 Å². The number of alkyl halides is 2. The predicted molar refractivity (Wildman–Crippen MR) is 42.7 cm³/mol. The number of amides is 1. The van der Waals surface area contributed by atoms with Crippen LogP contribution in [0.15, 0.2) is 6.07 Å². The van der Waals surface area contributed by atoms with Crippen molar-refractivity contribution in [2.24, 2.45) is 5.73 Å². The van der Waals surface area contributed by atoms with Crippen LogP contribution in [0.3, 0.4) is 0 Å². The van der Waals surface area contributed by atoms with Crippen molar-refractivity contribution < 1.29 is 18.0 Å². The molecule has 1 aromatic rings. The second kappa shape index (κ2) is 3.83. The Kier molecular flexibility index (Phi) is 2.95. The number of nitrogens with two attached hydrogens (primary N) is 1.